The van der Waals surface area contributed by atoms with Crippen LogP contribution < -0.4 is 0 Å². The van der Waals surface area contributed by atoms with Gasteiger partial charge < -0.3 is 4.42 Å². The molecule has 2 aromatic heterocycles. The summed E-state index contributed by atoms with van der Waals surface area (Å²) < 4.78 is 5.13. The number of aromatic nitrogens is 2. The number of hydrogen-bond acceptors (Lipinski definition) is 4. The molecule has 0 fully saturated rings. The molecule has 0 saturated carbocycles. The van der Waals surface area contributed by atoms with Crippen LogP contribution in [0.5, 0.6) is 0 Å². The number of ketones is 1. The Bertz CT molecular complexity index is 400. The number of fused-ring (bicyclic) bond motifs is 1. The number of carbonyl (C=O) groups is 1. The molecule has 0 aliphatic heterocycles. The number of Topliss-reactive ketones (excluding diaryl/α,β-unsaturated/α-hetero) is 1. The first-order valence-corrected chi connectivity index (χ1v) is 3.48. The summed E-state index contributed by atoms with van der Waals surface area (Å²) in [6.45, 7) is 1.45. The Labute approximate surface area is 68.2 Å². The molecule has 0 radical (unpaired) electrons. The van der Waals surface area contributed by atoms with Gasteiger partial charge in [-0.15, -0.1) is 0 Å². The van der Waals surface area contributed by atoms with Crippen LogP contribution in [0.3, 0.4) is 0 Å². The van der Waals surface area contributed by atoms with Crippen molar-refractivity contribution in [3.8, 4) is 0 Å². The van der Waals surface area contributed by atoms with E-state index in [2.05, 4.69) is 9.97 Å². The minimum absolute atomic E-state index is 0.104. The Morgan fingerprint density at radius 2 is 2.42 bits per heavy atom. The summed E-state index contributed by atoms with van der Waals surface area (Å²) in [7, 11) is 0. The summed E-state index contributed by atoms with van der Waals surface area (Å²) in [6, 6.07) is 1.64. The van der Waals surface area contributed by atoms with Crippen molar-refractivity contribution in [1.29, 1.82) is 0 Å². The fraction of sp³-hybridized carbons (Fsp3) is 0.125. The molecule has 4 nitrogen and oxygen atoms in total. The number of furan rings is 1. The Balaban J connectivity index is 2.70. The molecule has 60 valence electrons. The van der Waals surface area contributed by atoms with Crippen LogP contribution in [0.15, 0.2) is 23.0 Å². The van der Waals surface area contributed by atoms with Crippen LogP contribution in [-0.4, -0.2) is 15.8 Å². The maximum atomic E-state index is 10.9. The lowest BCUT2D eigenvalue weighted by atomic mass is 10.3. The summed E-state index contributed by atoms with van der Waals surface area (Å²) in [5.41, 5.74) is 0.454. The van der Waals surface area contributed by atoms with E-state index >= 15 is 0 Å². The van der Waals surface area contributed by atoms with Gasteiger partial charge in [0.05, 0.1) is 5.39 Å². The third-order valence-electron chi connectivity index (χ3n) is 1.54. The fourth-order valence-electron chi connectivity index (χ4n) is 0.962. The Hall–Kier alpha value is -1.71. The first-order chi connectivity index (χ1) is 5.77. The van der Waals surface area contributed by atoms with Crippen LogP contribution in [0, 0.1) is 0 Å². The summed E-state index contributed by atoms with van der Waals surface area (Å²) in [5.74, 6) is 0.221. The topological polar surface area (TPSA) is 56.0 Å². The molecule has 2 heterocycles. The molecular formula is C8H6N2O2. The van der Waals surface area contributed by atoms with Crippen LogP contribution >= 0.6 is 0 Å². The van der Waals surface area contributed by atoms with Gasteiger partial charge in [0.15, 0.2) is 11.5 Å². The Kier molecular flexibility index (Phi) is 1.40. The molecule has 0 spiro atoms. The second-order valence-corrected chi connectivity index (χ2v) is 2.45. The normalized spacial score (nSPS) is 10.4. The van der Waals surface area contributed by atoms with Gasteiger partial charge in [0.2, 0.25) is 5.71 Å². The smallest absolute Gasteiger partial charge is 0.229 e. The highest BCUT2D eigenvalue weighted by molar-refractivity contribution is 5.95. The van der Waals surface area contributed by atoms with Gasteiger partial charge in [-0.1, -0.05) is 0 Å². The highest BCUT2D eigenvalue weighted by Gasteiger charge is 2.07. The summed E-state index contributed by atoms with van der Waals surface area (Å²) >= 11 is 0. The molecule has 0 aliphatic rings. The van der Waals surface area contributed by atoms with Gasteiger partial charge in [0.25, 0.3) is 0 Å². The number of carbonyl (C=O) groups excluding carboxylic acids is 1. The predicted octanol–water partition coefficient (Wildman–Crippen LogP) is 1.43. The molecule has 0 saturated heterocycles. The van der Waals surface area contributed by atoms with Crippen molar-refractivity contribution in [3.63, 3.8) is 0 Å². The van der Waals surface area contributed by atoms with Crippen molar-refractivity contribution in [3.05, 3.63) is 24.4 Å². The molecule has 0 N–H and O–H groups in total. The van der Waals surface area contributed by atoms with Gasteiger partial charge in [0, 0.05) is 13.1 Å². The first kappa shape index (κ1) is 6.97. The Morgan fingerprint density at radius 3 is 3.08 bits per heavy atom. The maximum absolute atomic E-state index is 10.9. The first-order valence-electron chi connectivity index (χ1n) is 3.48. The summed E-state index contributed by atoms with van der Waals surface area (Å²) in [6.07, 6.45) is 2.99. The monoisotopic (exact) mass is 162 g/mol. The van der Waals surface area contributed by atoms with Gasteiger partial charge in [-0.25, -0.2) is 9.97 Å². The highest BCUT2D eigenvalue weighted by Crippen LogP contribution is 2.15. The van der Waals surface area contributed by atoms with Crippen LogP contribution in [0.1, 0.15) is 17.5 Å². The lowest BCUT2D eigenvalue weighted by molar-refractivity contribution is 0.0989. The number of hydrogen-bond donors (Lipinski definition) is 0. The zero-order chi connectivity index (χ0) is 8.55. The second kappa shape index (κ2) is 2.41. The van der Waals surface area contributed by atoms with Gasteiger partial charge in [0.1, 0.15) is 6.33 Å². The van der Waals surface area contributed by atoms with Crippen molar-refractivity contribution in [2.45, 2.75) is 6.92 Å². The van der Waals surface area contributed by atoms with Crippen molar-refractivity contribution >= 4 is 16.9 Å². The molecule has 4 heteroatoms. The van der Waals surface area contributed by atoms with E-state index in [1.807, 2.05) is 0 Å². The molecule has 0 bridgehead atoms. The van der Waals surface area contributed by atoms with E-state index in [0.717, 1.165) is 5.39 Å². The van der Waals surface area contributed by atoms with Crippen molar-refractivity contribution in [1.82, 2.24) is 9.97 Å². The van der Waals surface area contributed by atoms with Crippen molar-refractivity contribution in [2.24, 2.45) is 0 Å². The lowest BCUT2D eigenvalue weighted by Gasteiger charge is -1.82. The minimum atomic E-state index is -0.104. The van der Waals surface area contributed by atoms with Crippen molar-refractivity contribution in [2.75, 3.05) is 0 Å². The molecule has 2 aromatic rings. The molecule has 0 aliphatic carbocycles. The molecule has 12 heavy (non-hydrogen) atoms. The van der Waals surface area contributed by atoms with E-state index in [1.165, 1.54) is 13.3 Å². The predicted molar refractivity (Wildman–Crippen MR) is 41.8 cm³/mol. The number of nitrogens with zero attached hydrogens (tertiary/aromatic N) is 2. The van der Waals surface area contributed by atoms with E-state index in [9.17, 15) is 4.79 Å². The fourth-order valence-corrected chi connectivity index (χ4v) is 0.962. The van der Waals surface area contributed by atoms with Crippen LogP contribution in [0.2, 0.25) is 0 Å². The molecule has 0 amide bonds. The number of rotatable bonds is 1. The second-order valence-electron chi connectivity index (χ2n) is 2.45. The molecular weight excluding hydrogens is 156 g/mol. The zero-order valence-corrected chi connectivity index (χ0v) is 6.44. The maximum Gasteiger partial charge on any atom is 0.229 e. The van der Waals surface area contributed by atoms with Crippen LogP contribution in [-0.2, 0) is 0 Å². The van der Waals surface area contributed by atoms with Gasteiger partial charge >= 0.3 is 0 Å². The highest BCUT2D eigenvalue weighted by atomic mass is 16.4. The standard InChI is InChI=1S/C8H6N2O2/c1-5(11)7-2-6-3-9-4-10-8(6)12-7/h2-4H,1H3. The quantitative estimate of drug-likeness (QED) is 0.595. The van der Waals surface area contributed by atoms with Crippen molar-refractivity contribution < 1.29 is 9.21 Å². The van der Waals surface area contributed by atoms with E-state index in [1.54, 1.807) is 12.3 Å². The average Bonchev–Trinajstić information content (AvgIpc) is 2.46. The van der Waals surface area contributed by atoms with Gasteiger partial charge in [-0.2, -0.15) is 0 Å². The zero-order valence-electron chi connectivity index (χ0n) is 6.44. The largest absolute Gasteiger partial charge is 0.435 e. The van der Waals surface area contributed by atoms with E-state index < -0.39 is 0 Å². The summed E-state index contributed by atoms with van der Waals surface area (Å²) in [4.78, 5) is 18.5. The Morgan fingerprint density at radius 1 is 1.58 bits per heavy atom. The van der Waals surface area contributed by atoms with E-state index in [4.69, 9.17) is 4.42 Å². The third-order valence-corrected chi connectivity index (χ3v) is 1.54. The average molecular weight is 162 g/mol. The summed E-state index contributed by atoms with van der Waals surface area (Å²) in [5, 5.41) is 0.753. The van der Waals surface area contributed by atoms with E-state index in [-0.39, 0.29) is 5.78 Å². The molecule has 2 rings (SSSR count). The molecule has 0 atom stereocenters. The minimum Gasteiger partial charge on any atom is -0.435 e. The molecule has 0 unspecified atom stereocenters. The van der Waals surface area contributed by atoms with Crippen LogP contribution in [0.25, 0.3) is 11.1 Å². The van der Waals surface area contributed by atoms with Gasteiger partial charge in [-0.05, 0) is 6.07 Å². The lowest BCUT2D eigenvalue weighted by Crippen LogP contribution is -1.85. The van der Waals surface area contributed by atoms with Gasteiger partial charge in [-0.3, -0.25) is 4.79 Å². The van der Waals surface area contributed by atoms with E-state index in [0.29, 0.717) is 11.5 Å². The third kappa shape index (κ3) is 0.972. The van der Waals surface area contributed by atoms with Crippen LogP contribution in [0.4, 0.5) is 0 Å². The SMILES string of the molecule is CC(=O)c1cc2cncnc2o1. The molecule has 0 aromatic carbocycles.